The van der Waals surface area contributed by atoms with Crippen LogP contribution in [-0.4, -0.2) is 36.3 Å². The molecular formula is C11H10F3NO3. The number of alkyl halides is 3. The van der Waals surface area contributed by atoms with Gasteiger partial charge in [-0.1, -0.05) is 11.8 Å². The topological polar surface area (TPSA) is 51.6 Å². The van der Waals surface area contributed by atoms with Gasteiger partial charge in [0.25, 0.3) is 0 Å². The molecule has 18 heavy (non-hydrogen) atoms. The van der Waals surface area contributed by atoms with E-state index in [1.54, 1.807) is 0 Å². The molecule has 0 aromatic carbocycles. The predicted octanol–water partition coefficient (Wildman–Crippen LogP) is 1.34. The van der Waals surface area contributed by atoms with Gasteiger partial charge in [0.05, 0.1) is 6.20 Å². The van der Waals surface area contributed by atoms with E-state index in [9.17, 15) is 13.2 Å². The summed E-state index contributed by atoms with van der Waals surface area (Å²) in [5, 5.41) is 8.49. The first kappa shape index (κ1) is 14.3. The van der Waals surface area contributed by atoms with Crippen molar-refractivity contribution < 1.29 is 27.8 Å². The van der Waals surface area contributed by atoms with Crippen LogP contribution in [0.3, 0.4) is 0 Å². The van der Waals surface area contributed by atoms with Crippen LogP contribution in [0, 0.1) is 11.8 Å². The summed E-state index contributed by atoms with van der Waals surface area (Å²) in [6.45, 7) is -2.19. The Kier molecular flexibility index (Phi) is 5.42. The van der Waals surface area contributed by atoms with E-state index in [0.717, 1.165) is 0 Å². The first-order valence-corrected chi connectivity index (χ1v) is 4.83. The normalized spacial score (nSPS) is 10.7. The molecule has 0 spiro atoms. The van der Waals surface area contributed by atoms with E-state index in [4.69, 9.17) is 9.84 Å². The van der Waals surface area contributed by atoms with Crippen molar-refractivity contribution in [3.63, 3.8) is 0 Å². The van der Waals surface area contributed by atoms with Crippen LogP contribution in [0.25, 0.3) is 0 Å². The Bertz CT molecular complexity index is 437. The van der Waals surface area contributed by atoms with Gasteiger partial charge >= 0.3 is 6.18 Å². The van der Waals surface area contributed by atoms with Crippen molar-refractivity contribution in [1.29, 1.82) is 0 Å². The Morgan fingerprint density at radius 1 is 1.33 bits per heavy atom. The average molecular weight is 261 g/mol. The second-order valence-corrected chi connectivity index (χ2v) is 3.10. The van der Waals surface area contributed by atoms with Crippen LogP contribution in [-0.2, 0) is 4.74 Å². The van der Waals surface area contributed by atoms with Crippen LogP contribution in [0.1, 0.15) is 5.56 Å². The van der Waals surface area contributed by atoms with Crippen LogP contribution in [0.2, 0.25) is 0 Å². The number of hydrogen-bond donors (Lipinski definition) is 1. The van der Waals surface area contributed by atoms with E-state index in [1.165, 1.54) is 18.5 Å². The van der Waals surface area contributed by atoms with Crippen LogP contribution >= 0.6 is 0 Å². The third-order valence-corrected chi connectivity index (χ3v) is 1.60. The maximum Gasteiger partial charge on any atom is 0.411 e. The van der Waals surface area contributed by atoms with E-state index >= 15 is 0 Å². The van der Waals surface area contributed by atoms with Crippen molar-refractivity contribution in [2.45, 2.75) is 6.18 Å². The lowest BCUT2D eigenvalue weighted by Gasteiger charge is -2.08. The second-order valence-electron chi connectivity index (χ2n) is 3.10. The Balaban J connectivity index is 2.43. The van der Waals surface area contributed by atoms with Crippen LogP contribution < -0.4 is 4.74 Å². The third-order valence-electron chi connectivity index (χ3n) is 1.60. The summed E-state index contributed by atoms with van der Waals surface area (Å²) in [7, 11) is 0. The number of hydrogen-bond acceptors (Lipinski definition) is 4. The van der Waals surface area contributed by atoms with Gasteiger partial charge in [-0.3, -0.25) is 4.98 Å². The first-order chi connectivity index (χ1) is 8.51. The van der Waals surface area contributed by atoms with Crippen LogP contribution in [0.4, 0.5) is 13.2 Å². The van der Waals surface area contributed by atoms with Crippen molar-refractivity contribution in [2.24, 2.45) is 0 Å². The zero-order valence-electron chi connectivity index (χ0n) is 9.20. The smallest absolute Gasteiger partial charge is 0.411 e. The SMILES string of the molecule is OCC#Cc1cncc(OCOCC(F)(F)F)c1. The highest BCUT2D eigenvalue weighted by molar-refractivity contribution is 5.36. The molecule has 0 aliphatic carbocycles. The van der Waals surface area contributed by atoms with E-state index < -0.39 is 19.6 Å². The predicted molar refractivity (Wildman–Crippen MR) is 55.7 cm³/mol. The maximum atomic E-state index is 11.8. The Morgan fingerprint density at radius 3 is 2.78 bits per heavy atom. The van der Waals surface area contributed by atoms with E-state index in [-0.39, 0.29) is 12.4 Å². The molecule has 0 aliphatic rings. The van der Waals surface area contributed by atoms with E-state index in [0.29, 0.717) is 5.56 Å². The molecule has 0 saturated heterocycles. The average Bonchev–Trinajstić information content (AvgIpc) is 2.31. The van der Waals surface area contributed by atoms with Gasteiger partial charge in [-0.15, -0.1) is 0 Å². The molecule has 1 rings (SSSR count). The monoisotopic (exact) mass is 261 g/mol. The molecule has 0 aliphatic heterocycles. The number of ether oxygens (including phenoxy) is 2. The summed E-state index contributed by atoms with van der Waals surface area (Å²) < 4.78 is 44.4. The minimum Gasteiger partial charge on any atom is -0.466 e. The number of aromatic nitrogens is 1. The molecular weight excluding hydrogens is 251 g/mol. The van der Waals surface area contributed by atoms with Gasteiger partial charge < -0.3 is 14.6 Å². The van der Waals surface area contributed by atoms with Crippen molar-refractivity contribution >= 4 is 0 Å². The Morgan fingerprint density at radius 2 is 2.11 bits per heavy atom. The van der Waals surface area contributed by atoms with Gasteiger partial charge in [-0.2, -0.15) is 13.2 Å². The number of aliphatic hydroxyl groups is 1. The summed E-state index contributed by atoms with van der Waals surface area (Å²) >= 11 is 0. The van der Waals surface area contributed by atoms with Crippen LogP contribution in [0.5, 0.6) is 5.75 Å². The fraction of sp³-hybridized carbons (Fsp3) is 0.364. The molecule has 0 bridgehead atoms. The van der Waals surface area contributed by atoms with Crippen molar-refractivity contribution in [3.8, 4) is 17.6 Å². The second kappa shape index (κ2) is 6.83. The molecule has 0 saturated carbocycles. The minimum absolute atomic E-state index is 0.238. The van der Waals surface area contributed by atoms with Gasteiger partial charge in [0.1, 0.15) is 19.0 Å². The van der Waals surface area contributed by atoms with Crippen molar-refractivity contribution in [3.05, 3.63) is 24.0 Å². The molecule has 1 N–H and O–H groups in total. The quantitative estimate of drug-likeness (QED) is 0.505. The van der Waals surface area contributed by atoms with Gasteiger partial charge in [0.2, 0.25) is 0 Å². The lowest BCUT2D eigenvalue weighted by molar-refractivity contribution is -0.186. The molecule has 0 radical (unpaired) electrons. The molecule has 4 nitrogen and oxygen atoms in total. The van der Waals surface area contributed by atoms with Crippen molar-refractivity contribution in [1.82, 2.24) is 4.98 Å². The summed E-state index contributed by atoms with van der Waals surface area (Å²) in [4.78, 5) is 3.78. The third kappa shape index (κ3) is 6.08. The zero-order chi connectivity index (χ0) is 13.4. The number of pyridine rings is 1. The lowest BCUT2D eigenvalue weighted by Crippen LogP contribution is -2.19. The molecule has 0 atom stereocenters. The summed E-state index contributed by atoms with van der Waals surface area (Å²) in [6.07, 6.45) is -1.62. The zero-order valence-corrected chi connectivity index (χ0v) is 9.20. The number of aliphatic hydroxyl groups excluding tert-OH is 1. The highest BCUT2D eigenvalue weighted by Gasteiger charge is 2.27. The highest BCUT2D eigenvalue weighted by Crippen LogP contribution is 2.15. The minimum atomic E-state index is -4.38. The molecule has 0 unspecified atom stereocenters. The fourth-order valence-electron chi connectivity index (χ4n) is 0.975. The molecule has 0 amide bonds. The Labute approximate surface area is 101 Å². The van der Waals surface area contributed by atoms with E-state index in [2.05, 4.69) is 21.6 Å². The molecule has 1 aromatic heterocycles. The van der Waals surface area contributed by atoms with Crippen LogP contribution in [0.15, 0.2) is 18.5 Å². The van der Waals surface area contributed by atoms with Gasteiger partial charge in [-0.05, 0) is 6.07 Å². The molecule has 0 fully saturated rings. The number of nitrogens with zero attached hydrogens (tertiary/aromatic N) is 1. The van der Waals surface area contributed by atoms with Crippen molar-refractivity contribution in [2.75, 3.05) is 20.0 Å². The Hall–Kier alpha value is -1.78. The number of halogens is 3. The van der Waals surface area contributed by atoms with Gasteiger partial charge in [0.15, 0.2) is 6.79 Å². The first-order valence-electron chi connectivity index (χ1n) is 4.83. The summed E-state index contributed by atoms with van der Waals surface area (Å²) in [6, 6.07) is 1.48. The van der Waals surface area contributed by atoms with Gasteiger partial charge in [-0.25, -0.2) is 0 Å². The van der Waals surface area contributed by atoms with Gasteiger partial charge in [0, 0.05) is 11.8 Å². The summed E-state index contributed by atoms with van der Waals surface area (Å²) in [5.41, 5.74) is 0.484. The number of rotatable bonds is 4. The maximum absolute atomic E-state index is 11.8. The highest BCUT2D eigenvalue weighted by atomic mass is 19.4. The molecule has 1 heterocycles. The van der Waals surface area contributed by atoms with E-state index in [1.807, 2.05) is 0 Å². The fourth-order valence-corrected chi connectivity index (χ4v) is 0.975. The molecule has 1 aromatic rings. The lowest BCUT2D eigenvalue weighted by atomic mass is 10.3. The molecule has 7 heteroatoms. The largest absolute Gasteiger partial charge is 0.466 e. The standard InChI is InChI=1S/C11H10F3NO3/c12-11(13,14)7-17-8-18-10-4-9(2-1-3-16)5-15-6-10/h4-6,16H,3,7-8H2. The molecule has 98 valence electrons. The summed E-state index contributed by atoms with van der Waals surface area (Å²) in [5.74, 6) is 5.23.